The molecule has 9 heteroatoms. The molecule has 8 nitrogen and oxygen atoms in total. The largest absolute Gasteiger partial charge is 0.340 e. The Bertz CT molecular complexity index is 1430. The number of hydrogen-bond acceptors (Lipinski definition) is 6. The van der Waals surface area contributed by atoms with Crippen LogP contribution in [0, 0.1) is 0 Å². The second-order valence-electron chi connectivity index (χ2n) is 9.39. The van der Waals surface area contributed by atoms with Crippen molar-refractivity contribution >= 4 is 22.4 Å². The highest BCUT2D eigenvalue weighted by molar-refractivity contribution is 5.82. The van der Waals surface area contributed by atoms with Crippen molar-refractivity contribution in [3.05, 3.63) is 70.0 Å². The van der Waals surface area contributed by atoms with E-state index in [2.05, 4.69) is 37.7 Å². The summed E-state index contributed by atoms with van der Waals surface area (Å²) < 4.78 is 17.9. The Labute approximate surface area is 196 Å². The van der Waals surface area contributed by atoms with Crippen LogP contribution in [0.15, 0.2) is 47.5 Å². The highest BCUT2D eigenvalue weighted by Gasteiger charge is 2.25. The Kier molecular flexibility index (Phi) is 5.44. The van der Waals surface area contributed by atoms with E-state index in [1.54, 1.807) is 21.6 Å². The van der Waals surface area contributed by atoms with Crippen LogP contribution in [0.5, 0.6) is 0 Å². The van der Waals surface area contributed by atoms with Gasteiger partial charge in [0.2, 0.25) is 0 Å². The third-order valence-electron chi connectivity index (χ3n) is 6.01. The number of nitrogens with zero attached hydrogens (tertiary/aromatic N) is 5. The number of nitrogens with one attached hydrogen (secondary N) is 2. The van der Waals surface area contributed by atoms with Crippen LogP contribution in [0.3, 0.4) is 0 Å². The predicted octanol–water partition coefficient (Wildman–Crippen LogP) is 4.15. The third-order valence-corrected chi connectivity index (χ3v) is 6.01. The van der Waals surface area contributed by atoms with Crippen molar-refractivity contribution in [1.82, 2.24) is 29.6 Å². The van der Waals surface area contributed by atoms with Gasteiger partial charge in [0.1, 0.15) is 5.82 Å². The lowest BCUT2D eigenvalue weighted by Crippen LogP contribution is -2.25. The van der Waals surface area contributed by atoms with Crippen molar-refractivity contribution in [3.63, 3.8) is 0 Å². The maximum Gasteiger partial charge on any atom is 0.276 e. The molecule has 1 aliphatic rings. The molecule has 0 saturated heterocycles. The van der Waals surface area contributed by atoms with Crippen LogP contribution in [-0.4, -0.2) is 30.9 Å². The van der Waals surface area contributed by atoms with Gasteiger partial charge in [-0.15, -0.1) is 0 Å². The smallest absolute Gasteiger partial charge is 0.276 e. The molecule has 0 radical (unpaired) electrons. The molecule has 0 amide bonds. The van der Waals surface area contributed by atoms with Crippen LogP contribution in [-0.2, 0) is 18.6 Å². The van der Waals surface area contributed by atoms with E-state index in [4.69, 9.17) is 0 Å². The molecule has 4 heterocycles. The summed E-state index contributed by atoms with van der Waals surface area (Å²) in [5, 5.41) is 7.22. The van der Waals surface area contributed by atoms with Gasteiger partial charge >= 0.3 is 0 Å². The topological polar surface area (TPSA) is 89.7 Å². The highest BCUT2D eigenvalue weighted by Crippen LogP contribution is 2.26. The fourth-order valence-electron chi connectivity index (χ4n) is 4.34. The Hall–Kier alpha value is -3.59. The summed E-state index contributed by atoms with van der Waals surface area (Å²) in [6, 6.07) is 9.67. The van der Waals surface area contributed by atoms with Crippen LogP contribution in [0.4, 0.5) is 15.9 Å². The van der Waals surface area contributed by atoms with Crippen LogP contribution in [0.1, 0.15) is 50.7 Å². The van der Waals surface area contributed by atoms with Gasteiger partial charge in [0.15, 0.2) is 17.3 Å². The molecule has 4 aromatic rings. The number of pyridine rings is 1. The molecule has 2 N–H and O–H groups in total. The molecule has 34 heavy (non-hydrogen) atoms. The minimum atomic E-state index is -1.71. The van der Waals surface area contributed by atoms with Gasteiger partial charge < -0.3 is 10.6 Å². The molecule has 0 atom stereocenters. The number of hydrogen-bond donors (Lipinski definition) is 2. The average Bonchev–Trinajstić information content (AvgIpc) is 3.10. The van der Waals surface area contributed by atoms with Crippen molar-refractivity contribution in [2.24, 2.45) is 0 Å². The fraction of sp³-hybridized carbons (Fsp3) is 0.360. The Morgan fingerprint density at radius 3 is 2.74 bits per heavy atom. The molecule has 3 aromatic heterocycles. The van der Waals surface area contributed by atoms with E-state index in [0.29, 0.717) is 22.5 Å². The van der Waals surface area contributed by atoms with Crippen LogP contribution in [0.2, 0.25) is 0 Å². The average molecular weight is 462 g/mol. The zero-order chi connectivity index (χ0) is 24.0. The van der Waals surface area contributed by atoms with E-state index < -0.39 is 5.67 Å². The summed E-state index contributed by atoms with van der Waals surface area (Å²) in [4.78, 5) is 26.3. The monoisotopic (exact) mass is 461 g/mol. The molecule has 1 aliphatic heterocycles. The molecule has 0 spiro atoms. The molecule has 0 unspecified atom stereocenters. The second kappa shape index (κ2) is 8.32. The lowest BCUT2D eigenvalue weighted by atomic mass is 10.0. The van der Waals surface area contributed by atoms with Gasteiger partial charge in [0.05, 0.1) is 10.9 Å². The number of benzene rings is 1. The molecule has 0 bridgehead atoms. The first-order valence-corrected chi connectivity index (χ1v) is 11.5. The van der Waals surface area contributed by atoms with Gasteiger partial charge in [-0.1, -0.05) is 6.07 Å². The molecule has 1 aromatic carbocycles. The molecule has 0 aliphatic carbocycles. The fourth-order valence-corrected chi connectivity index (χ4v) is 4.34. The number of anilines is 2. The minimum Gasteiger partial charge on any atom is -0.340 e. The second-order valence-corrected chi connectivity index (χ2v) is 9.39. The molecular formula is C25H28FN7O. The normalized spacial score (nSPS) is 13.9. The van der Waals surface area contributed by atoms with Crippen molar-refractivity contribution in [1.29, 1.82) is 0 Å². The van der Waals surface area contributed by atoms with E-state index in [1.165, 1.54) is 31.2 Å². The number of halogens is 1. The standard InChI is InChI=1S/C25H28FN7O/c1-15(2)32-23(34)19-14-29-21(30-18-6-5-16-7-9-27-13-17(16)11-18)12-20(19)33(32)22-8-10-28-24(31-22)25(3,4)26/h5-6,8,10-12,14-15,27H,7,9,13H2,1-4H3,(H,29,30). The summed E-state index contributed by atoms with van der Waals surface area (Å²) in [6.07, 6.45) is 4.11. The Balaban J connectivity index is 1.63. The van der Waals surface area contributed by atoms with Crippen LogP contribution >= 0.6 is 0 Å². The van der Waals surface area contributed by atoms with E-state index in [0.717, 1.165) is 25.2 Å². The Morgan fingerprint density at radius 1 is 1.15 bits per heavy atom. The van der Waals surface area contributed by atoms with Crippen molar-refractivity contribution in [3.8, 4) is 5.82 Å². The maximum absolute atomic E-state index is 14.6. The van der Waals surface area contributed by atoms with E-state index in [9.17, 15) is 9.18 Å². The first-order valence-electron chi connectivity index (χ1n) is 11.5. The SMILES string of the molecule is CC(C)n1c(=O)c2cnc(Nc3ccc4c(c3)CNCC4)cc2n1-c1ccnc(C(C)(C)F)n1. The lowest BCUT2D eigenvalue weighted by molar-refractivity contribution is 0.206. The predicted molar refractivity (Wildman–Crippen MR) is 131 cm³/mol. The summed E-state index contributed by atoms with van der Waals surface area (Å²) in [5.41, 5.74) is 2.29. The molecule has 0 saturated carbocycles. The molecule has 176 valence electrons. The highest BCUT2D eigenvalue weighted by atomic mass is 19.1. The lowest BCUT2D eigenvalue weighted by Gasteiger charge is -2.18. The van der Waals surface area contributed by atoms with Crippen molar-refractivity contribution in [2.45, 2.75) is 52.4 Å². The number of fused-ring (bicyclic) bond motifs is 2. The summed E-state index contributed by atoms with van der Waals surface area (Å²) in [5.74, 6) is 1.09. The number of rotatable bonds is 5. The van der Waals surface area contributed by atoms with Crippen molar-refractivity contribution < 1.29 is 4.39 Å². The van der Waals surface area contributed by atoms with E-state index in [-0.39, 0.29) is 17.4 Å². The molecular weight excluding hydrogens is 433 g/mol. The summed E-state index contributed by atoms with van der Waals surface area (Å²) >= 11 is 0. The quantitative estimate of drug-likeness (QED) is 0.464. The van der Waals surface area contributed by atoms with Crippen molar-refractivity contribution in [2.75, 3.05) is 11.9 Å². The summed E-state index contributed by atoms with van der Waals surface area (Å²) in [6.45, 7) is 8.50. The van der Waals surface area contributed by atoms with Crippen LogP contribution < -0.4 is 16.2 Å². The van der Waals surface area contributed by atoms with Gasteiger partial charge in [-0.25, -0.2) is 28.7 Å². The first kappa shape index (κ1) is 22.2. The van der Waals surface area contributed by atoms with E-state index in [1.807, 2.05) is 26.0 Å². The number of aromatic nitrogens is 5. The maximum atomic E-state index is 14.6. The van der Waals surface area contributed by atoms with Gasteiger partial charge in [-0.2, -0.15) is 0 Å². The third kappa shape index (κ3) is 3.96. The first-order chi connectivity index (χ1) is 16.2. The zero-order valence-electron chi connectivity index (χ0n) is 19.8. The van der Waals surface area contributed by atoms with E-state index >= 15 is 0 Å². The zero-order valence-corrected chi connectivity index (χ0v) is 19.8. The molecule has 5 rings (SSSR count). The van der Waals surface area contributed by atoms with Gasteiger partial charge in [-0.3, -0.25) is 4.79 Å². The van der Waals surface area contributed by atoms with Crippen LogP contribution in [0.25, 0.3) is 16.7 Å². The summed E-state index contributed by atoms with van der Waals surface area (Å²) in [7, 11) is 0. The molecule has 0 fully saturated rings. The van der Waals surface area contributed by atoms with Gasteiger partial charge in [-0.05, 0) is 63.9 Å². The minimum absolute atomic E-state index is 0.0599. The number of alkyl halides is 1. The van der Waals surface area contributed by atoms with Gasteiger partial charge in [0, 0.05) is 42.8 Å². The Morgan fingerprint density at radius 2 is 1.97 bits per heavy atom. The van der Waals surface area contributed by atoms with Gasteiger partial charge in [0.25, 0.3) is 5.56 Å².